The molecule has 0 radical (unpaired) electrons. The lowest BCUT2D eigenvalue weighted by Gasteiger charge is -2.13. The van der Waals surface area contributed by atoms with Gasteiger partial charge in [0, 0.05) is 18.8 Å². The van der Waals surface area contributed by atoms with E-state index >= 15 is 0 Å². The van der Waals surface area contributed by atoms with Gasteiger partial charge >= 0.3 is 0 Å². The third-order valence-corrected chi connectivity index (χ3v) is 3.78. The second kappa shape index (κ2) is 4.38. The van der Waals surface area contributed by atoms with Crippen LogP contribution in [-0.4, -0.2) is 52.9 Å². The van der Waals surface area contributed by atoms with E-state index in [2.05, 4.69) is 15.0 Å². The molecule has 1 aliphatic heterocycles. The summed E-state index contributed by atoms with van der Waals surface area (Å²) in [6.45, 7) is -0.259. The summed E-state index contributed by atoms with van der Waals surface area (Å²) in [6, 6.07) is 0. The molecule has 0 bridgehead atoms. The van der Waals surface area contributed by atoms with Crippen molar-refractivity contribution in [3.8, 4) is 0 Å². The molecule has 1 fully saturated rings. The molecule has 3 unspecified atom stereocenters. The number of H-pyrrole nitrogens is 1. The SMILES string of the molecule is O=c1c2ncn(C3CC(O)C(CO)O3)c2[nH]c2nccn12. The van der Waals surface area contributed by atoms with Gasteiger partial charge in [-0.15, -0.1) is 0 Å². The number of ether oxygens (including phenoxy) is 1. The number of aliphatic hydroxyl groups is 2. The minimum atomic E-state index is -0.751. The molecule has 0 aromatic carbocycles. The number of fused-ring (bicyclic) bond motifs is 2. The Hall–Kier alpha value is -2.23. The Balaban J connectivity index is 1.87. The number of rotatable bonds is 2. The fourth-order valence-electron chi connectivity index (χ4n) is 2.69. The molecule has 110 valence electrons. The molecule has 3 N–H and O–H groups in total. The van der Waals surface area contributed by atoms with Crippen molar-refractivity contribution in [1.29, 1.82) is 0 Å². The largest absolute Gasteiger partial charge is 0.394 e. The molecule has 0 spiro atoms. The van der Waals surface area contributed by atoms with Crippen molar-refractivity contribution < 1.29 is 14.9 Å². The van der Waals surface area contributed by atoms with Gasteiger partial charge < -0.3 is 19.9 Å². The zero-order chi connectivity index (χ0) is 14.6. The maximum Gasteiger partial charge on any atom is 0.287 e. The molecule has 3 atom stereocenters. The molecule has 1 saturated heterocycles. The summed E-state index contributed by atoms with van der Waals surface area (Å²) < 4.78 is 8.60. The molecule has 3 aromatic rings. The number of aromatic amines is 1. The first-order valence-electron chi connectivity index (χ1n) is 6.55. The van der Waals surface area contributed by atoms with Crippen LogP contribution in [0.15, 0.2) is 23.5 Å². The van der Waals surface area contributed by atoms with E-state index in [-0.39, 0.29) is 17.7 Å². The van der Waals surface area contributed by atoms with Crippen LogP contribution in [0.3, 0.4) is 0 Å². The van der Waals surface area contributed by atoms with E-state index in [0.717, 1.165) is 0 Å². The number of nitrogens with one attached hydrogen (secondary N) is 1. The Bertz CT molecular complexity index is 865. The predicted molar refractivity (Wildman–Crippen MR) is 70.7 cm³/mol. The number of hydrogen-bond donors (Lipinski definition) is 3. The summed E-state index contributed by atoms with van der Waals surface area (Å²) >= 11 is 0. The number of nitrogens with zero attached hydrogens (tertiary/aromatic N) is 4. The highest BCUT2D eigenvalue weighted by Crippen LogP contribution is 2.30. The molecular formula is C12H13N5O4. The van der Waals surface area contributed by atoms with Crippen molar-refractivity contribution in [3.63, 3.8) is 0 Å². The van der Waals surface area contributed by atoms with Crippen LogP contribution in [0.1, 0.15) is 12.6 Å². The van der Waals surface area contributed by atoms with Crippen LogP contribution in [-0.2, 0) is 4.74 Å². The zero-order valence-electron chi connectivity index (χ0n) is 10.9. The Kier molecular flexibility index (Phi) is 2.61. The lowest BCUT2D eigenvalue weighted by Crippen LogP contribution is -2.24. The summed E-state index contributed by atoms with van der Waals surface area (Å²) in [5.41, 5.74) is 0.479. The predicted octanol–water partition coefficient (Wildman–Crippen LogP) is -0.987. The van der Waals surface area contributed by atoms with Gasteiger partial charge in [0.15, 0.2) is 5.52 Å². The smallest absolute Gasteiger partial charge is 0.287 e. The first-order valence-corrected chi connectivity index (χ1v) is 6.55. The quantitative estimate of drug-likeness (QED) is 0.558. The highest BCUT2D eigenvalue weighted by atomic mass is 16.5. The van der Waals surface area contributed by atoms with E-state index in [9.17, 15) is 9.90 Å². The van der Waals surface area contributed by atoms with Gasteiger partial charge in [0.05, 0.1) is 19.0 Å². The van der Waals surface area contributed by atoms with Crippen LogP contribution in [0.5, 0.6) is 0 Å². The maximum absolute atomic E-state index is 12.3. The minimum absolute atomic E-state index is 0.259. The second-order valence-corrected chi connectivity index (χ2v) is 5.01. The van der Waals surface area contributed by atoms with Gasteiger partial charge in [-0.25, -0.2) is 14.4 Å². The van der Waals surface area contributed by atoms with Crippen LogP contribution in [0.25, 0.3) is 16.9 Å². The van der Waals surface area contributed by atoms with E-state index < -0.39 is 18.4 Å². The van der Waals surface area contributed by atoms with Crippen molar-refractivity contribution in [2.75, 3.05) is 6.61 Å². The van der Waals surface area contributed by atoms with Gasteiger partial charge in [0.2, 0.25) is 5.78 Å². The van der Waals surface area contributed by atoms with Crippen molar-refractivity contribution in [2.24, 2.45) is 0 Å². The molecule has 0 aliphatic carbocycles. The van der Waals surface area contributed by atoms with Gasteiger partial charge in [0.25, 0.3) is 5.56 Å². The topological polar surface area (TPSA) is 118 Å². The fraction of sp³-hybridized carbons (Fsp3) is 0.417. The Labute approximate surface area is 117 Å². The van der Waals surface area contributed by atoms with Crippen molar-refractivity contribution in [3.05, 3.63) is 29.1 Å². The third kappa shape index (κ3) is 1.71. The normalized spacial score (nSPS) is 26.1. The molecule has 21 heavy (non-hydrogen) atoms. The molecule has 4 rings (SSSR count). The van der Waals surface area contributed by atoms with Gasteiger partial charge in [-0.1, -0.05) is 0 Å². The molecular weight excluding hydrogens is 278 g/mol. The Morgan fingerprint density at radius 1 is 1.48 bits per heavy atom. The molecule has 0 amide bonds. The molecule has 0 saturated carbocycles. The van der Waals surface area contributed by atoms with Gasteiger partial charge in [0.1, 0.15) is 18.0 Å². The fourth-order valence-corrected chi connectivity index (χ4v) is 2.69. The molecule has 4 heterocycles. The van der Waals surface area contributed by atoms with Crippen LogP contribution in [0.4, 0.5) is 0 Å². The highest BCUT2D eigenvalue weighted by Gasteiger charge is 2.35. The number of hydrogen-bond acceptors (Lipinski definition) is 6. The monoisotopic (exact) mass is 291 g/mol. The number of aromatic nitrogens is 5. The Morgan fingerprint density at radius 3 is 3.10 bits per heavy atom. The first kappa shape index (κ1) is 12.5. The lowest BCUT2D eigenvalue weighted by molar-refractivity contribution is -0.0432. The highest BCUT2D eigenvalue weighted by molar-refractivity contribution is 5.71. The Morgan fingerprint density at radius 2 is 2.33 bits per heavy atom. The third-order valence-electron chi connectivity index (χ3n) is 3.78. The summed E-state index contributed by atoms with van der Waals surface area (Å²) in [7, 11) is 0. The van der Waals surface area contributed by atoms with E-state index in [1.807, 2.05) is 0 Å². The van der Waals surface area contributed by atoms with Crippen molar-refractivity contribution in [2.45, 2.75) is 24.9 Å². The van der Waals surface area contributed by atoms with E-state index in [1.54, 1.807) is 10.8 Å². The summed E-state index contributed by atoms with van der Waals surface area (Å²) in [4.78, 5) is 23.5. The van der Waals surface area contributed by atoms with Crippen LogP contribution < -0.4 is 5.56 Å². The van der Waals surface area contributed by atoms with Crippen molar-refractivity contribution >= 4 is 16.9 Å². The van der Waals surface area contributed by atoms with Crippen LogP contribution in [0.2, 0.25) is 0 Å². The molecule has 9 heteroatoms. The van der Waals surface area contributed by atoms with Gasteiger partial charge in [-0.2, -0.15) is 0 Å². The molecule has 1 aliphatic rings. The molecule has 3 aromatic heterocycles. The van der Waals surface area contributed by atoms with Gasteiger partial charge in [-0.05, 0) is 0 Å². The van der Waals surface area contributed by atoms with Gasteiger partial charge in [-0.3, -0.25) is 9.36 Å². The number of aliphatic hydroxyl groups excluding tert-OH is 2. The average molecular weight is 291 g/mol. The number of imidazole rings is 2. The van der Waals surface area contributed by atoms with E-state index in [0.29, 0.717) is 17.8 Å². The zero-order valence-corrected chi connectivity index (χ0v) is 10.9. The van der Waals surface area contributed by atoms with E-state index in [1.165, 1.54) is 16.9 Å². The average Bonchev–Trinajstić information content (AvgIpc) is 3.16. The summed E-state index contributed by atoms with van der Waals surface area (Å²) in [6.07, 6.45) is 3.01. The van der Waals surface area contributed by atoms with E-state index in [4.69, 9.17) is 9.84 Å². The maximum atomic E-state index is 12.3. The minimum Gasteiger partial charge on any atom is -0.394 e. The lowest BCUT2D eigenvalue weighted by atomic mass is 10.2. The summed E-state index contributed by atoms with van der Waals surface area (Å²) in [5.74, 6) is 0.409. The van der Waals surface area contributed by atoms with Crippen molar-refractivity contribution in [1.82, 2.24) is 23.9 Å². The first-order chi connectivity index (χ1) is 10.2. The second-order valence-electron chi connectivity index (χ2n) is 5.01. The van der Waals surface area contributed by atoms with Crippen LogP contribution >= 0.6 is 0 Å². The summed E-state index contributed by atoms with van der Waals surface area (Å²) in [5, 5.41) is 19.0. The standard InChI is InChI=1S/C12H13N5O4/c18-4-7-6(19)3-8(21-7)17-5-14-9-10(17)15-12-13-1-2-16(12)11(9)20/h1-2,5-8,18-19H,3-4H2,(H,13,15). The molecule has 9 nitrogen and oxygen atoms in total. The van der Waals surface area contributed by atoms with Crippen LogP contribution in [0, 0.1) is 0 Å².